The Morgan fingerprint density at radius 1 is 1.32 bits per heavy atom. The molecule has 2 N–H and O–H groups in total. The van der Waals surface area contributed by atoms with Gasteiger partial charge in [0.1, 0.15) is 0 Å². The summed E-state index contributed by atoms with van der Waals surface area (Å²) < 4.78 is 0.914. The molecule has 1 saturated heterocycles. The van der Waals surface area contributed by atoms with Crippen LogP contribution in [0.5, 0.6) is 0 Å². The number of carbonyl (C=O) groups is 2. The van der Waals surface area contributed by atoms with E-state index in [1.54, 1.807) is 5.51 Å². The first-order valence-electron chi connectivity index (χ1n) is 9.27. The third kappa shape index (κ3) is 3.08. The zero-order valence-electron chi connectivity index (χ0n) is 15.1. The molecule has 2 amide bonds. The molecule has 3 aromatic rings. The van der Waals surface area contributed by atoms with Crippen LogP contribution in [0, 0.1) is 0 Å². The Hall–Kier alpha value is -2.39. The van der Waals surface area contributed by atoms with Crippen molar-refractivity contribution in [2.45, 2.75) is 25.4 Å². The van der Waals surface area contributed by atoms with Crippen molar-refractivity contribution >= 4 is 45.1 Å². The molecule has 0 spiro atoms. The van der Waals surface area contributed by atoms with Gasteiger partial charge in [-0.2, -0.15) is 16.9 Å². The minimum absolute atomic E-state index is 0.0101. The minimum atomic E-state index is -0.112. The highest BCUT2D eigenvalue weighted by Crippen LogP contribution is 2.27. The molecule has 0 radical (unpaired) electrons. The van der Waals surface area contributed by atoms with Crippen molar-refractivity contribution in [3.8, 4) is 0 Å². The molecule has 0 saturated carbocycles. The van der Waals surface area contributed by atoms with E-state index < -0.39 is 0 Å². The number of fused-ring (bicyclic) bond motifs is 2. The van der Waals surface area contributed by atoms with Crippen molar-refractivity contribution in [2.24, 2.45) is 0 Å². The molecule has 5 rings (SSSR count). The van der Waals surface area contributed by atoms with Gasteiger partial charge in [0.05, 0.1) is 33.5 Å². The molecule has 0 aliphatic carbocycles. The lowest BCUT2D eigenvalue weighted by Gasteiger charge is -2.27. The highest BCUT2D eigenvalue weighted by molar-refractivity contribution is 7.99. The lowest BCUT2D eigenvalue weighted by atomic mass is 10.0. The van der Waals surface area contributed by atoms with E-state index in [9.17, 15) is 9.59 Å². The van der Waals surface area contributed by atoms with Gasteiger partial charge in [-0.15, -0.1) is 11.3 Å². The maximum Gasteiger partial charge on any atom is 0.272 e. The second-order valence-electron chi connectivity index (χ2n) is 7.05. The number of rotatable bonds is 3. The van der Waals surface area contributed by atoms with E-state index in [1.165, 1.54) is 11.3 Å². The Morgan fingerprint density at radius 2 is 2.25 bits per heavy atom. The first kappa shape index (κ1) is 17.7. The number of thioether (sulfide) groups is 1. The molecular formula is C19H19N5O2S2. The van der Waals surface area contributed by atoms with Gasteiger partial charge in [0, 0.05) is 23.9 Å². The van der Waals surface area contributed by atoms with Gasteiger partial charge in [-0.3, -0.25) is 14.7 Å². The largest absolute Gasteiger partial charge is 0.347 e. The summed E-state index contributed by atoms with van der Waals surface area (Å²) in [5.41, 5.74) is 5.55. The van der Waals surface area contributed by atoms with Crippen molar-refractivity contribution in [1.29, 1.82) is 0 Å². The van der Waals surface area contributed by atoms with Crippen LogP contribution in [0.25, 0.3) is 10.2 Å². The Morgan fingerprint density at radius 3 is 3.11 bits per heavy atom. The van der Waals surface area contributed by atoms with Crippen molar-refractivity contribution in [1.82, 2.24) is 25.4 Å². The van der Waals surface area contributed by atoms with Crippen LogP contribution in [0.2, 0.25) is 0 Å². The number of aromatic amines is 1. The van der Waals surface area contributed by atoms with Gasteiger partial charge in [-0.25, -0.2) is 4.98 Å². The van der Waals surface area contributed by atoms with E-state index in [4.69, 9.17) is 0 Å². The van der Waals surface area contributed by atoms with Crippen LogP contribution in [0.1, 0.15) is 38.5 Å². The summed E-state index contributed by atoms with van der Waals surface area (Å²) in [4.78, 5) is 31.8. The standard InChI is InChI=1S/C19H19N5O2S2/c25-18(21-11-5-7-27-9-11)16-12-4-6-24(8-15(12)22-23-16)19(26)13-2-1-3-14-17(13)28-10-20-14/h1-3,10-11H,4-9H2,(H,21,25)(H,22,23). The number of thiazole rings is 1. The zero-order valence-corrected chi connectivity index (χ0v) is 16.7. The Bertz CT molecular complexity index is 1050. The number of hydrogen-bond acceptors (Lipinski definition) is 6. The van der Waals surface area contributed by atoms with E-state index in [0.29, 0.717) is 30.8 Å². The highest BCUT2D eigenvalue weighted by atomic mass is 32.2. The van der Waals surface area contributed by atoms with Crippen molar-refractivity contribution in [2.75, 3.05) is 18.1 Å². The Balaban J connectivity index is 1.34. The van der Waals surface area contributed by atoms with Crippen molar-refractivity contribution < 1.29 is 9.59 Å². The molecule has 0 bridgehead atoms. The SMILES string of the molecule is O=C(NC1CCSC1)c1n[nH]c2c1CCN(C(=O)c1cccc3ncsc13)C2. The van der Waals surface area contributed by atoms with Gasteiger partial charge in [0.2, 0.25) is 0 Å². The monoisotopic (exact) mass is 413 g/mol. The van der Waals surface area contributed by atoms with E-state index >= 15 is 0 Å². The molecule has 2 aromatic heterocycles. The first-order valence-corrected chi connectivity index (χ1v) is 11.3. The summed E-state index contributed by atoms with van der Waals surface area (Å²) >= 11 is 3.34. The predicted octanol–water partition coefficient (Wildman–Crippen LogP) is 2.45. The predicted molar refractivity (Wildman–Crippen MR) is 110 cm³/mol. The summed E-state index contributed by atoms with van der Waals surface area (Å²) in [6.45, 7) is 1.00. The molecule has 2 aliphatic heterocycles. The quantitative estimate of drug-likeness (QED) is 0.688. The fourth-order valence-electron chi connectivity index (χ4n) is 3.81. The number of aromatic nitrogens is 3. The molecule has 1 aromatic carbocycles. The maximum absolute atomic E-state index is 13.1. The van der Waals surface area contributed by atoms with Crippen LogP contribution in [0.15, 0.2) is 23.7 Å². The fraction of sp³-hybridized carbons (Fsp3) is 0.368. The number of nitrogens with one attached hydrogen (secondary N) is 2. The minimum Gasteiger partial charge on any atom is -0.347 e. The molecular weight excluding hydrogens is 394 g/mol. The average molecular weight is 414 g/mol. The molecule has 2 aliphatic rings. The lowest BCUT2D eigenvalue weighted by Crippen LogP contribution is -2.38. The van der Waals surface area contributed by atoms with Gasteiger partial charge in [-0.1, -0.05) is 6.07 Å². The number of hydrogen-bond donors (Lipinski definition) is 2. The van der Waals surface area contributed by atoms with Crippen molar-refractivity contribution in [3.63, 3.8) is 0 Å². The van der Waals surface area contributed by atoms with Crippen LogP contribution in [0.4, 0.5) is 0 Å². The van der Waals surface area contributed by atoms with Gasteiger partial charge in [0.25, 0.3) is 11.8 Å². The number of carbonyl (C=O) groups excluding carboxylic acids is 2. The molecule has 4 heterocycles. The molecule has 144 valence electrons. The topological polar surface area (TPSA) is 91.0 Å². The van der Waals surface area contributed by atoms with Crippen LogP contribution in [-0.2, 0) is 13.0 Å². The number of amides is 2. The third-order valence-corrected chi connectivity index (χ3v) is 7.33. The number of nitrogens with zero attached hydrogens (tertiary/aromatic N) is 3. The summed E-state index contributed by atoms with van der Waals surface area (Å²) in [6.07, 6.45) is 1.63. The van der Waals surface area contributed by atoms with Gasteiger partial charge in [-0.05, 0) is 30.7 Å². The van der Waals surface area contributed by atoms with Crippen LogP contribution in [0.3, 0.4) is 0 Å². The Labute approximate surface area is 169 Å². The average Bonchev–Trinajstić information content (AvgIpc) is 3.46. The maximum atomic E-state index is 13.1. The smallest absolute Gasteiger partial charge is 0.272 e. The molecule has 1 unspecified atom stereocenters. The van der Waals surface area contributed by atoms with E-state index in [0.717, 1.165) is 39.4 Å². The normalized spacial score (nSPS) is 19.0. The summed E-state index contributed by atoms with van der Waals surface area (Å²) in [7, 11) is 0. The van der Waals surface area contributed by atoms with Gasteiger partial charge < -0.3 is 10.2 Å². The summed E-state index contributed by atoms with van der Waals surface area (Å²) in [5.74, 6) is 1.93. The third-order valence-electron chi connectivity index (χ3n) is 5.29. The van der Waals surface area contributed by atoms with E-state index in [1.807, 2.05) is 34.9 Å². The van der Waals surface area contributed by atoms with Crippen molar-refractivity contribution in [3.05, 3.63) is 46.2 Å². The molecule has 28 heavy (non-hydrogen) atoms. The molecule has 7 nitrogen and oxygen atoms in total. The second-order valence-corrected chi connectivity index (χ2v) is 9.05. The lowest BCUT2D eigenvalue weighted by molar-refractivity contribution is 0.0734. The fourth-order valence-corrected chi connectivity index (χ4v) is 5.75. The number of benzene rings is 1. The summed E-state index contributed by atoms with van der Waals surface area (Å²) in [6, 6.07) is 5.86. The molecule has 1 fully saturated rings. The van der Waals surface area contributed by atoms with Crippen LogP contribution >= 0.6 is 23.1 Å². The van der Waals surface area contributed by atoms with Gasteiger partial charge in [0.15, 0.2) is 5.69 Å². The first-order chi connectivity index (χ1) is 13.7. The van der Waals surface area contributed by atoms with Gasteiger partial charge >= 0.3 is 0 Å². The van der Waals surface area contributed by atoms with E-state index in [2.05, 4.69) is 20.5 Å². The second kappa shape index (κ2) is 7.21. The van der Waals surface area contributed by atoms with E-state index in [-0.39, 0.29) is 17.9 Å². The number of H-pyrrole nitrogens is 1. The van der Waals surface area contributed by atoms with Crippen LogP contribution in [-0.4, -0.2) is 56.0 Å². The highest BCUT2D eigenvalue weighted by Gasteiger charge is 2.29. The van der Waals surface area contributed by atoms with Crippen LogP contribution < -0.4 is 5.32 Å². The molecule has 9 heteroatoms. The molecule has 1 atom stereocenters. The summed E-state index contributed by atoms with van der Waals surface area (Å²) in [5, 5.41) is 10.3. The Kier molecular flexibility index (Phi) is 4.56. The zero-order chi connectivity index (χ0) is 19.1.